The molecule has 10 nitrogen and oxygen atoms in total. The van der Waals surface area contributed by atoms with E-state index in [-0.39, 0.29) is 48.2 Å². The van der Waals surface area contributed by atoms with Crippen LogP contribution in [0.25, 0.3) is 22.3 Å². The second-order valence-electron chi connectivity index (χ2n) is 9.93. The molecule has 10 heteroatoms. The quantitative estimate of drug-likeness (QED) is 0.383. The van der Waals surface area contributed by atoms with Crippen LogP contribution in [0.15, 0.2) is 35.1 Å². The number of carboxylic acid groups (broad SMARTS) is 1. The van der Waals surface area contributed by atoms with E-state index in [1.165, 1.54) is 0 Å². The molecule has 2 aliphatic heterocycles. The Balaban J connectivity index is 1.71. The number of esters is 1. The van der Waals surface area contributed by atoms with Gasteiger partial charge in [0.2, 0.25) is 11.5 Å². The van der Waals surface area contributed by atoms with E-state index in [1.54, 1.807) is 29.4 Å². The van der Waals surface area contributed by atoms with Gasteiger partial charge in [-0.3, -0.25) is 9.59 Å². The predicted octanol–water partition coefficient (Wildman–Crippen LogP) is 3.58. The SMILES string of the molecule is CC[C@@]1(OC(=O)O)C(=O)OCc2c1cc1n(c2=O)Cc2c-1nc1ccccc1c2CCN(C(C)=O)C(C)C. The molecular formula is C28H29N3O7. The molecule has 1 atom stereocenters. The zero-order valence-electron chi connectivity index (χ0n) is 21.7. The summed E-state index contributed by atoms with van der Waals surface area (Å²) in [5.41, 5.74) is 1.76. The maximum atomic E-state index is 13.7. The molecule has 1 aromatic carbocycles. The Morgan fingerprint density at radius 2 is 1.97 bits per heavy atom. The van der Waals surface area contributed by atoms with Crippen LogP contribution < -0.4 is 5.56 Å². The topological polar surface area (TPSA) is 128 Å². The summed E-state index contributed by atoms with van der Waals surface area (Å²) in [6.07, 6.45) is -1.11. The highest BCUT2D eigenvalue weighted by molar-refractivity contribution is 5.89. The highest BCUT2D eigenvalue weighted by Crippen LogP contribution is 2.42. The van der Waals surface area contributed by atoms with Crippen LogP contribution in [0.3, 0.4) is 0 Å². The number of carbonyl (C=O) groups is 3. The van der Waals surface area contributed by atoms with Gasteiger partial charge in [-0.05, 0) is 44.4 Å². The molecule has 3 aromatic rings. The van der Waals surface area contributed by atoms with Crippen molar-refractivity contribution in [1.82, 2.24) is 14.5 Å². The maximum Gasteiger partial charge on any atom is 0.507 e. The van der Waals surface area contributed by atoms with Crippen LogP contribution in [0, 0.1) is 0 Å². The number of hydrogen-bond acceptors (Lipinski definition) is 7. The van der Waals surface area contributed by atoms with E-state index < -0.39 is 17.7 Å². The van der Waals surface area contributed by atoms with Crippen LogP contribution >= 0.6 is 0 Å². The summed E-state index contributed by atoms with van der Waals surface area (Å²) in [5, 5.41) is 10.4. The Morgan fingerprint density at radius 3 is 2.63 bits per heavy atom. The number of benzene rings is 1. The van der Waals surface area contributed by atoms with E-state index in [2.05, 4.69) is 0 Å². The number of hydrogen-bond donors (Lipinski definition) is 1. The number of pyridine rings is 2. The smallest absolute Gasteiger partial charge is 0.457 e. The van der Waals surface area contributed by atoms with Crippen LogP contribution in [-0.4, -0.2) is 50.2 Å². The summed E-state index contributed by atoms with van der Waals surface area (Å²) in [6.45, 7) is 7.60. The third-order valence-corrected chi connectivity index (χ3v) is 7.57. The number of carbonyl (C=O) groups excluding carboxylic acids is 2. The number of amides is 1. The number of nitrogens with zero attached hydrogens (tertiary/aromatic N) is 3. The molecule has 0 bridgehead atoms. The molecule has 0 radical (unpaired) electrons. The van der Waals surface area contributed by atoms with E-state index >= 15 is 0 Å². The van der Waals surface area contributed by atoms with Crippen molar-refractivity contribution in [3.63, 3.8) is 0 Å². The van der Waals surface area contributed by atoms with Crippen molar-refractivity contribution < 1.29 is 29.0 Å². The molecule has 2 aliphatic rings. The first-order valence-electron chi connectivity index (χ1n) is 12.6. The van der Waals surface area contributed by atoms with Gasteiger partial charge < -0.3 is 24.0 Å². The zero-order valence-corrected chi connectivity index (χ0v) is 21.7. The van der Waals surface area contributed by atoms with Gasteiger partial charge in [0, 0.05) is 36.0 Å². The number of ether oxygens (including phenoxy) is 2. The number of para-hydroxylation sites is 1. The average Bonchev–Trinajstić information content (AvgIpc) is 3.23. The highest BCUT2D eigenvalue weighted by Gasteiger charge is 2.50. The predicted molar refractivity (Wildman–Crippen MR) is 138 cm³/mol. The lowest BCUT2D eigenvalue weighted by Crippen LogP contribution is -2.47. The Hall–Kier alpha value is -4.21. The van der Waals surface area contributed by atoms with Gasteiger partial charge in [0.05, 0.1) is 29.0 Å². The Bertz CT molecular complexity index is 1560. The van der Waals surface area contributed by atoms with Gasteiger partial charge in [-0.2, -0.15) is 0 Å². The van der Waals surface area contributed by atoms with Gasteiger partial charge in [0.25, 0.3) is 5.56 Å². The lowest BCUT2D eigenvalue weighted by Gasteiger charge is -2.34. The molecular weight excluding hydrogens is 490 g/mol. The summed E-state index contributed by atoms with van der Waals surface area (Å²) in [5.74, 6) is -0.858. The largest absolute Gasteiger partial charge is 0.507 e. The first kappa shape index (κ1) is 25.4. The molecule has 1 amide bonds. The number of aromatic nitrogens is 2. The fourth-order valence-electron chi connectivity index (χ4n) is 5.72. The maximum absolute atomic E-state index is 13.7. The van der Waals surface area contributed by atoms with Gasteiger partial charge >= 0.3 is 12.1 Å². The Labute approximate surface area is 218 Å². The average molecular weight is 520 g/mol. The summed E-state index contributed by atoms with van der Waals surface area (Å²) < 4.78 is 11.9. The van der Waals surface area contributed by atoms with Gasteiger partial charge in [-0.15, -0.1) is 0 Å². The summed E-state index contributed by atoms with van der Waals surface area (Å²) >= 11 is 0. The van der Waals surface area contributed by atoms with E-state index in [1.807, 2.05) is 38.1 Å². The number of cyclic esters (lactones) is 1. The van der Waals surface area contributed by atoms with E-state index in [0.29, 0.717) is 24.4 Å². The molecule has 1 N–H and O–H groups in total. The van der Waals surface area contributed by atoms with E-state index in [9.17, 15) is 24.3 Å². The monoisotopic (exact) mass is 519 g/mol. The fraction of sp³-hybridized carbons (Fsp3) is 0.393. The molecule has 198 valence electrons. The van der Waals surface area contributed by atoms with Gasteiger partial charge in [-0.25, -0.2) is 14.6 Å². The highest BCUT2D eigenvalue weighted by atomic mass is 16.7. The number of rotatable bonds is 6. The Morgan fingerprint density at radius 1 is 1.24 bits per heavy atom. The molecule has 2 aromatic heterocycles. The summed E-state index contributed by atoms with van der Waals surface area (Å²) in [4.78, 5) is 57.0. The molecule has 0 spiro atoms. The standard InChI is InChI=1S/C28H29N3O7/c1-5-28(38-27(35)36)21-12-23-24-19(13-31(23)25(33)20(21)14-37-26(28)34)17(10-11-30(15(2)3)16(4)32)18-8-6-7-9-22(18)29-24/h6-9,12,15H,5,10-11,13-14H2,1-4H3,(H,35,36)/t28-/m0/s1. The van der Waals surface area contributed by atoms with Crippen molar-refractivity contribution in [2.24, 2.45) is 0 Å². The van der Waals surface area contributed by atoms with Crippen molar-refractivity contribution in [2.45, 2.75) is 65.3 Å². The van der Waals surface area contributed by atoms with Gasteiger partial charge in [0.1, 0.15) is 6.61 Å². The zero-order chi connectivity index (χ0) is 27.4. The van der Waals surface area contributed by atoms with Crippen molar-refractivity contribution in [3.05, 3.63) is 62.9 Å². The minimum atomic E-state index is -1.93. The first-order chi connectivity index (χ1) is 18.1. The second-order valence-corrected chi connectivity index (χ2v) is 9.93. The van der Waals surface area contributed by atoms with Crippen molar-refractivity contribution in [3.8, 4) is 11.4 Å². The van der Waals surface area contributed by atoms with Crippen molar-refractivity contribution >= 4 is 28.9 Å². The van der Waals surface area contributed by atoms with Crippen LogP contribution in [0.1, 0.15) is 56.4 Å². The number of fused-ring (bicyclic) bond motifs is 5. The fourth-order valence-corrected chi connectivity index (χ4v) is 5.72. The molecule has 5 rings (SSSR count). The van der Waals surface area contributed by atoms with Crippen LogP contribution in [-0.2, 0) is 44.2 Å². The van der Waals surface area contributed by atoms with Gasteiger partial charge in [-0.1, -0.05) is 25.1 Å². The molecule has 0 saturated heterocycles. The lowest BCUT2D eigenvalue weighted by molar-refractivity contribution is -0.174. The first-order valence-corrected chi connectivity index (χ1v) is 12.6. The molecule has 0 fully saturated rings. The van der Waals surface area contributed by atoms with Crippen molar-refractivity contribution in [2.75, 3.05) is 6.54 Å². The molecule has 0 unspecified atom stereocenters. The summed E-state index contributed by atoms with van der Waals surface area (Å²) in [7, 11) is 0. The van der Waals surface area contributed by atoms with Crippen molar-refractivity contribution in [1.29, 1.82) is 0 Å². The molecule has 0 saturated carbocycles. The minimum Gasteiger partial charge on any atom is -0.457 e. The van der Waals surface area contributed by atoms with E-state index in [4.69, 9.17) is 14.5 Å². The van der Waals surface area contributed by atoms with E-state index in [0.717, 1.165) is 22.0 Å². The molecule has 0 aliphatic carbocycles. The third-order valence-electron chi connectivity index (χ3n) is 7.57. The van der Waals surface area contributed by atoms with Gasteiger partial charge in [0.15, 0.2) is 0 Å². The summed E-state index contributed by atoms with van der Waals surface area (Å²) in [6, 6.07) is 9.38. The second kappa shape index (κ2) is 9.27. The Kier molecular flexibility index (Phi) is 6.21. The molecule has 4 heterocycles. The van der Waals surface area contributed by atoms with Crippen LogP contribution in [0.5, 0.6) is 0 Å². The normalized spacial score (nSPS) is 17.6. The molecule has 38 heavy (non-hydrogen) atoms. The minimum absolute atomic E-state index is 0.0128. The van der Waals surface area contributed by atoms with Crippen LogP contribution in [0.4, 0.5) is 4.79 Å². The lowest BCUT2D eigenvalue weighted by atomic mass is 9.85. The van der Waals surface area contributed by atoms with Crippen LogP contribution in [0.2, 0.25) is 0 Å². The third kappa shape index (κ3) is 3.82.